The van der Waals surface area contributed by atoms with Crippen LogP contribution < -0.4 is 5.32 Å². The van der Waals surface area contributed by atoms with Crippen LogP contribution in [0.3, 0.4) is 0 Å². The summed E-state index contributed by atoms with van der Waals surface area (Å²) in [6.07, 6.45) is 5.84. The molecule has 3 aliphatic rings. The van der Waals surface area contributed by atoms with Crippen LogP contribution in [0.15, 0.2) is 0 Å². The van der Waals surface area contributed by atoms with E-state index in [-0.39, 0.29) is 17.9 Å². The first kappa shape index (κ1) is 13.9. The summed E-state index contributed by atoms with van der Waals surface area (Å²) in [6.45, 7) is 2.19. The van der Waals surface area contributed by atoms with Gasteiger partial charge in [0.2, 0.25) is 5.91 Å². The van der Waals surface area contributed by atoms with Gasteiger partial charge in [0, 0.05) is 25.6 Å². The summed E-state index contributed by atoms with van der Waals surface area (Å²) < 4.78 is 4.90. The van der Waals surface area contributed by atoms with Gasteiger partial charge in [-0.2, -0.15) is 0 Å². The second kappa shape index (κ2) is 5.35. The molecule has 20 heavy (non-hydrogen) atoms. The smallest absolute Gasteiger partial charge is 0.328 e. The van der Waals surface area contributed by atoms with E-state index in [1.807, 2.05) is 0 Å². The molecule has 1 saturated carbocycles. The minimum absolute atomic E-state index is 0.0319. The van der Waals surface area contributed by atoms with Gasteiger partial charge >= 0.3 is 5.97 Å². The largest absolute Gasteiger partial charge is 0.467 e. The molecule has 1 aliphatic carbocycles. The fraction of sp³-hybridized carbons (Fsp3) is 0.867. The minimum Gasteiger partial charge on any atom is -0.467 e. The van der Waals surface area contributed by atoms with Crippen molar-refractivity contribution in [1.29, 1.82) is 0 Å². The molecule has 2 saturated heterocycles. The van der Waals surface area contributed by atoms with Crippen molar-refractivity contribution < 1.29 is 14.3 Å². The van der Waals surface area contributed by atoms with Gasteiger partial charge in [0.1, 0.15) is 6.04 Å². The average Bonchev–Trinajstić information content (AvgIpc) is 2.82. The molecule has 112 valence electrons. The summed E-state index contributed by atoms with van der Waals surface area (Å²) in [7, 11) is 1.41. The van der Waals surface area contributed by atoms with E-state index in [1.54, 1.807) is 4.90 Å². The van der Waals surface area contributed by atoms with Crippen molar-refractivity contribution in [1.82, 2.24) is 10.2 Å². The van der Waals surface area contributed by atoms with Crippen LogP contribution >= 0.6 is 0 Å². The number of carbonyl (C=O) groups excluding carboxylic acids is 2. The molecule has 1 amide bonds. The van der Waals surface area contributed by atoms with Crippen molar-refractivity contribution in [2.45, 2.75) is 57.2 Å². The Bertz CT molecular complexity index is 412. The number of nitrogens with one attached hydrogen (secondary N) is 1. The van der Waals surface area contributed by atoms with Crippen LogP contribution in [-0.2, 0) is 14.3 Å². The van der Waals surface area contributed by atoms with Gasteiger partial charge in [0.05, 0.1) is 7.11 Å². The van der Waals surface area contributed by atoms with Gasteiger partial charge in [-0.25, -0.2) is 4.79 Å². The summed E-state index contributed by atoms with van der Waals surface area (Å²) in [5.74, 6) is 0.892. The zero-order chi connectivity index (χ0) is 14.3. The molecule has 3 rings (SSSR count). The van der Waals surface area contributed by atoms with Crippen molar-refractivity contribution in [2.75, 3.05) is 13.7 Å². The molecule has 0 spiro atoms. The van der Waals surface area contributed by atoms with Crippen LogP contribution in [0.25, 0.3) is 0 Å². The Morgan fingerprint density at radius 2 is 1.90 bits per heavy atom. The Labute approximate surface area is 120 Å². The van der Waals surface area contributed by atoms with Gasteiger partial charge in [-0.15, -0.1) is 0 Å². The zero-order valence-corrected chi connectivity index (χ0v) is 12.3. The quantitative estimate of drug-likeness (QED) is 0.726. The lowest BCUT2D eigenvalue weighted by atomic mass is 9.74. The Hall–Kier alpha value is -1.10. The molecule has 1 N–H and O–H groups in total. The number of nitrogens with zero attached hydrogens (tertiary/aromatic N) is 1. The van der Waals surface area contributed by atoms with Gasteiger partial charge in [-0.3, -0.25) is 4.79 Å². The van der Waals surface area contributed by atoms with Crippen LogP contribution in [0.2, 0.25) is 0 Å². The third-order valence-electron chi connectivity index (χ3n) is 5.46. The molecule has 2 aliphatic heterocycles. The number of rotatable bonds is 1. The second-order valence-electron chi connectivity index (χ2n) is 6.44. The highest BCUT2D eigenvalue weighted by Crippen LogP contribution is 2.43. The van der Waals surface area contributed by atoms with Crippen LogP contribution in [-0.4, -0.2) is 48.6 Å². The van der Waals surface area contributed by atoms with Gasteiger partial charge in [0.25, 0.3) is 0 Å². The SMILES string of the molecule is COC(=O)C1CC2C(CN1C(C)=O)NC1CCCCC12. The number of fused-ring (bicyclic) bond motifs is 3. The fourth-order valence-electron chi connectivity index (χ4n) is 4.53. The summed E-state index contributed by atoms with van der Waals surface area (Å²) >= 11 is 0. The lowest BCUT2D eigenvalue weighted by molar-refractivity contribution is -0.155. The molecule has 5 atom stereocenters. The van der Waals surface area contributed by atoms with Crippen molar-refractivity contribution in [2.24, 2.45) is 11.8 Å². The number of carbonyl (C=O) groups is 2. The maximum atomic E-state index is 12.0. The van der Waals surface area contributed by atoms with Crippen molar-refractivity contribution in [3.05, 3.63) is 0 Å². The monoisotopic (exact) mass is 280 g/mol. The van der Waals surface area contributed by atoms with Crippen molar-refractivity contribution >= 4 is 11.9 Å². The number of hydrogen-bond donors (Lipinski definition) is 1. The van der Waals surface area contributed by atoms with E-state index >= 15 is 0 Å². The Morgan fingerprint density at radius 3 is 2.60 bits per heavy atom. The Balaban J connectivity index is 1.80. The highest BCUT2D eigenvalue weighted by Gasteiger charge is 2.50. The van der Waals surface area contributed by atoms with Gasteiger partial charge < -0.3 is 15.0 Å². The second-order valence-corrected chi connectivity index (χ2v) is 6.44. The maximum Gasteiger partial charge on any atom is 0.328 e. The predicted octanol–water partition coefficient (Wildman–Crippen LogP) is 0.927. The molecular formula is C15H24N2O3. The normalized spacial score (nSPS) is 39.9. The predicted molar refractivity (Wildman–Crippen MR) is 74.0 cm³/mol. The minimum atomic E-state index is -0.388. The summed E-state index contributed by atoms with van der Waals surface area (Å²) in [5.41, 5.74) is 0. The standard InChI is InChI=1S/C15H24N2O3/c1-9(18)17-8-13-11(7-14(17)15(19)20-2)10-5-3-4-6-12(10)16-13/h10-14,16H,3-8H2,1-2H3. The molecule has 5 unspecified atom stereocenters. The number of methoxy groups -OCH3 is 1. The molecule has 5 heteroatoms. The Kier molecular flexibility index (Phi) is 3.71. The third-order valence-corrected chi connectivity index (χ3v) is 5.46. The fourth-order valence-corrected chi connectivity index (χ4v) is 4.53. The van der Waals surface area contributed by atoms with Crippen LogP contribution in [0.5, 0.6) is 0 Å². The molecule has 0 radical (unpaired) electrons. The molecule has 0 aromatic rings. The van der Waals surface area contributed by atoms with Crippen molar-refractivity contribution in [3.63, 3.8) is 0 Å². The first-order valence-corrected chi connectivity index (χ1v) is 7.73. The van der Waals surface area contributed by atoms with E-state index < -0.39 is 0 Å². The third kappa shape index (κ3) is 2.22. The lowest BCUT2D eigenvalue weighted by Crippen LogP contribution is -2.56. The van der Waals surface area contributed by atoms with Crippen LogP contribution in [0, 0.1) is 11.8 Å². The van der Waals surface area contributed by atoms with Gasteiger partial charge in [0.15, 0.2) is 0 Å². The van der Waals surface area contributed by atoms with Gasteiger partial charge in [-0.05, 0) is 31.1 Å². The highest BCUT2D eigenvalue weighted by molar-refractivity contribution is 5.83. The molecule has 0 aromatic heterocycles. The summed E-state index contributed by atoms with van der Waals surface area (Å²) in [4.78, 5) is 25.5. The maximum absolute atomic E-state index is 12.0. The number of likely N-dealkylation sites (tertiary alicyclic amines) is 1. The van der Waals surface area contributed by atoms with E-state index in [0.29, 0.717) is 30.5 Å². The van der Waals surface area contributed by atoms with E-state index in [2.05, 4.69) is 5.32 Å². The average molecular weight is 280 g/mol. The molecule has 0 aromatic carbocycles. The van der Waals surface area contributed by atoms with E-state index in [9.17, 15) is 9.59 Å². The van der Waals surface area contributed by atoms with E-state index in [0.717, 1.165) is 6.42 Å². The van der Waals surface area contributed by atoms with Crippen molar-refractivity contribution in [3.8, 4) is 0 Å². The lowest BCUT2D eigenvalue weighted by Gasteiger charge is -2.41. The van der Waals surface area contributed by atoms with Crippen LogP contribution in [0.1, 0.15) is 39.0 Å². The van der Waals surface area contributed by atoms with E-state index in [1.165, 1.54) is 39.7 Å². The number of hydrogen-bond acceptors (Lipinski definition) is 4. The first-order chi connectivity index (χ1) is 9.61. The van der Waals surface area contributed by atoms with Gasteiger partial charge in [-0.1, -0.05) is 12.8 Å². The topological polar surface area (TPSA) is 58.6 Å². The molecule has 2 heterocycles. The zero-order valence-electron chi connectivity index (χ0n) is 12.3. The summed E-state index contributed by atoms with van der Waals surface area (Å²) in [5, 5.41) is 3.71. The highest BCUT2D eigenvalue weighted by atomic mass is 16.5. The number of piperidine rings is 1. The summed E-state index contributed by atoms with van der Waals surface area (Å²) in [6, 6.07) is 0.554. The van der Waals surface area contributed by atoms with E-state index in [4.69, 9.17) is 4.74 Å². The number of amides is 1. The number of esters is 1. The molecule has 3 fully saturated rings. The first-order valence-electron chi connectivity index (χ1n) is 7.73. The number of ether oxygens (including phenoxy) is 1. The Morgan fingerprint density at radius 1 is 1.15 bits per heavy atom. The molecule has 0 bridgehead atoms. The van der Waals surface area contributed by atoms with Crippen LogP contribution in [0.4, 0.5) is 0 Å². The molecular weight excluding hydrogens is 256 g/mol. The molecule has 5 nitrogen and oxygen atoms in total.